The molecule has 0 aliphatic rings. The van der Waals surface area contributed by atoms with Crippen LogP contribution >= 0.6 is 0 Å². The van der Waals surface area contributed by atoms with Gasteiger partial charge in [0.15, 0.2) is 11.5 Å². The predicted octanol–water partition coefficient (Wildman–Crippen LogP) is 3.20. The second kappa shape index (κ2) is 6.38. The van der Waals surface area contributed by atoms with Crippen molar-refractivity contribution in [3.05, 3.63) is 58.1 Å². The molecule has 0 saturated heterocycles. The molecule has 0 spiro atoms. The first-order valence-corrected chi connectivity index (χ1v) is 5.92. The summed E-state index contributed by atoms with van der Waals surface area (Å²) >= 11 is 0. The molecule has 1 N–H and O–H groups in total. The van der Waals surface area contributed by atoms with Crippen LogP contribution in [0.5, 0.6) is 17.2 Å². The Labute approximate surface area is 120 Å². The van der Waals surface area contributed by atoms with Crippen molar-refractivity contribution in [1.29, 1.82) is 0 Å². The van der Waals surface area contributed by atoms with Crippen LogP contribution in [0.3, 0.4) is 0 Å². The van der Waals surface area contributed by atoms with E-state index in [0.29, 0.717) is 22.8 Å². The summed E-state index contributed by atoms with van der Waals surface area (Å²) in [5.74, 6) is 1.34. The van der Waals surface area contributed by atoms with E-state index >= 15 is 0 Å². The molecule has 2 aromatic carbocycles. The van der Waals surface area contributed by atoms with Crippen LogP contribution in [0.4, 0.5) is 5.69 Å². The zero-order chi connectivity index (χ0) is 15.2. The molecule has 2 aromatic rings. The average molecular weight is 288 g/mol. The summed E-state index contributed by atoms with van der Waals surface area (Å²) in [6.45, 7) is 0. The van der Waals surface area contributed by atoms with Gasteiger partial charge < -0.3 is 14.7 Å². The van der Waals surface area contributed by atoms with Gasteiger partial charge in [-0.3, -0.25) is 10.1 Å². The fourth-order valence-corrected chi connectivity index (χ4v) is 1.68. The van der Waals surface area contributed by atoms with Gasteiger partial charge in [0, 0.05) is 17.7 Å². The molecule has 0 atom stereocenters. The monoisotopic (exact) mass is 288 g/mol. The summed E-state index contributed by atoms with van der Waals surface area (Å²) in [5.41, 5.74) is 0.634. The maximum atomic E-state index is 10.6. The summed E-state index contributed by atoms with van der Waals surface area (Å²) in [5, 5.41) is 22.0. The summed E-state index contributed by atoms with van der Waals surface area (Å²) in [6, 6.07) is 10.7. The van der Waals surface area contributed by atoms with Crippen LogP contribution in [0.25, 0.3) is 0 Å². The maximum Gasteiger partial charge on any atom is 0.269 e. The minimum absolute atomic E-state index is 0.0104. The fourth-order valence-electron chi connectivity index (χ4n) is 1.68. The van der Waals surface area contributed by atoms with Gasteiger partial charge in [0.2, 0.25) is 0 Å². The Hall–Kier alpha value is -3.09. The lowest BCUT2D eigenvalue weighted by Crippen LogP contribution is -1.93. The number of methoxy groups -OCH3 is 1. The average Bonchev–Trinajstić information content (AvgIpc) is 2.49. The molecule has 0 aromatic heterocycles. The van der Waals surface area contributed by atoms with Gasteiger partial charge in [-0.25, -0.2) is 0 Å². The summed E-state index contributed by atoms with van der Waals surface area (Å²) < 4.78 is 10.8. The number of nitro benzene ring substituents is 1. The Kier molecular flexibility index (Phi) is 4.35. The molecule has 0 fully saturated rings. The minimum atomic E-state index is -0.479. The van der Waals surface area contributed by atoms with Crippen molar-refractivity contribution < 1.29 is 19.6 Å². The lowest BCUT2D eigenvalue weighted by Gasteiger charge is -2.10. The third-order valence-electron chi connectivity index (χ3n) is 2.67. The molecule has 0 saturated carbocycles. The van der Waals surface area contributed by atoms with Gasteiger partial charge in [0.05, 0.1) is 18.2 Å². The van der Waals surface area contributed by atoms with Crippen molar-refractivity contribution in [3.8, 4) is 17.2 Å². The molecule has 7 heteroatoms. The minimum Gasteiger partial charge on any atom is -0.493 e. The molecule has 0 amide bonds. The smallest absolute Gasteiger partial charge is 0.269 e. The van der Waals surface area contributed by atoms with Crippen molar-refractivity contribution in [2.24, 2.45) is 5.16 Å². The highest BCUT2D eigenvalue weighted by molar-refractivity contribution is 5.80. The number of benzene rings is 2. The molecular weight excluding hydrogens is 276 g/mol. The van der Waals surface area contributed by atoms with Gasteiger partial charge in [-0.05, 0) is 30.3 Å². The number of oxime groups is 1. The summed E-state index contributed by atoms with van der Waals surface area (Å²) in [6.07, 6.45) is 1.26. The molecular formula is C14H12N2O5. The molecule has 0 unspecified atom stereocenters. The molecule has 2 rings (SSSR count). The topological polar surface area (TPSA) is 94.2 Å². The van der Waals surface area contributed by atoms with Crippen molar-refractivity contribution >= 4 is 11.9 Å². The highest BCUT2D eigenvalue weighted by Crippen LogP contribution is 2.32. The van der Waals surface area contributed by atoms with Crippen LogP contribution in [0.1, 0.15) is 5.56 Å². The molecule has 0 radical (unpaired) electrons. The first-order valence-electron chi connectivity index (χ1n) is 5.92. The van der Waals surface area contributed by atoms with E-state index in [1.165, 1.54) is 37.6 Å². The second-order valence-electron chi connectivity index (χ2n) is 4.01. The fraction of sp³-hybridized carbons (Fsp3) is 0.0714. The Morgan fingerprint density at radius 3 is 2.48 bits per heavy atom. The van der Waals surface area contributed by atoms with Gasteiger partial charge in [-0.15, -0.1) is 0 Å². The van der Waals surface area contributed by atoms with Crippen molar-refractivity contribution in [2.45, 2.75) is 0 Å². The van der Waals surface area contributed by atoms with E-state index in [0.717, 1.165) is 0 Å². The molecule has 0 heterocycles. The predicted molar refractivity (Wildman–Crippen MR) is 75.5 cm³/mol. The maximum absolute atomic E-state index is 10.6. The number of ether oxygens (including phenoxy) is 2. The second-order valence-corrected chi connectivity index (χ2v) is 4.01. The number of non-ortho nitro benzene ring substituents is 1. The molecule has 21 heavy (non-hydrogen) atoms. The van der Waals surface area contributed by atoms with Gasteiger partial charge in [0.25, 0.3) is 5.69 Å². The first kappa shape index (κ1) is 14.3. The highest BCUT2D eigenvalue weighted by atomic mass is 16.6. The van der Waals surface area contributed by atoms with E-state index in [4.69, 9.17) is 14.7 Å². The first-order chi connectivity index (χ1) is 10.1. The molecule has 0 aliphatic carbocycles. The number of rotatable bonds is 5. The molecule has 0 aliphatic heterocycles. The quantitative estimate of drug-likeness (QED) is 0.394. The van der Waals surface area contributed by atoms with Crippen LogP contribution in [0.15, 0.2) is 47.6 Å². The van der Waals surface area contributed by atoms with E-state index in [1.54, 1.807) is 18.2 Å². The number of hydrogen-bond donors (Lipinski definition) is 1. The van der Waals surface area contributed by atoms with Crippen LogP contribution in [-0.2, 0) is 0 Å². The molecule has 7 nitrogen and oxygen atoms in total. The van der Waals surface area contributed by atoms with Crippen molar-refractivity contribution in [3.63, 3.8) is 0 Å². The highest BCUT2D eigenvalue weighted by Gasteiger charge is 2.09. The molecule has 0 bridgehead atoms. The van der Waals surface area contributed by atoms with Crippen LogP contribution in [0, 0.1) is 10.1 Å². The SMILES string of the molecule is COc1cc(C=NO)ccc1Oc1ccc([N+](=O)[O-])cc1. The Bertz CT molecular complexity index is 668. The van der Waals surface area contributed by atoms with Crippen LogP contribution < -0.4 is 9.47 Å². The van der Waals surface area contributed by atoms with Crippen molar-refractivity contribution in [1.82, 2.24) is 0 Å². The lowest BCUT2D eigenvalue weighted by atomic mass is 10.2. The molecule has 108 valence electrons. The van der Waals surface area contributed by atoms with Gasteiger partial charge in [-0.2, -0.15) is 0 Å². The summed E-state index contributed by atoms with van der Waals surface area (Å²) in [4.78, 5) is 10.1. The van der Waals surface area contributed by atoms with E-state index < -0.39 is 4.92 Å². The van der Waals surface area contributed by atoms with E-state index in [-0.39, 0.29) is 5.69 Å². The Morgan fingerprint density at radius 2 is 1.90 bits per heavy atom. The Morgan fingerprint density at radius 1 is 1.19 bits per heavy atom. The normalized spacial score (nSPS) is 10.5. The third kappa shape index (κ3) is 3.47. The zero-order valence-electron chi connectivity index (χ0n) is 11.1. The zero-order valence-corrected chi connectivity index (χ0v) is 11.1. The van der Waals surface area contributed by atoms with E-state index in [1.807, 2.05) is 0 Å². The largest absolute Gasteiger partial charge is 0.493 e. The lowest BCUT2D eigenvalue weighted by molar-refractivity contribution is -0.384. The van der Waals surface area contributed by atoms with E-state index in [2.05, 4.69) is 5.16 Å². The van der Waals surface area contributed by atoms with Crippen LogP contribution in [-0.4, -0.2) is 23.5 Å². The standard InChI is InChI=1S/C14H12N2O5/c1-20-14-8-10(9-15-17)2-7-13(14)21-12-5-3-11(4-6-12)16(18)19/h2-9,17H,1H3. The van der Waals surface area contributed by atoms with Crippen LogP contribution in [0.2, 0.25) is 0 Å². The summed E-state index contributed by atoms with van der Waals surface area (Å²) in [7, 11) is 1.48. The van der Waals surface area contributed by atoms with Gasteiger partial charge in [0.1, 0.15) is 5.75 Å². The number of nitrogens with zero attached hydrogens (tertiary/aromatic N) is 2. The van der Waals surface area contributed by atoms with Gasteiger partial charge >= 0.3 is 0 Å². The van der Waals surface area contributed by atoms with Gasteiger partial charge in [-0.1, -0.05) is 5.16 Å². The Balaban J connectivity index is 2.24. The third-order valence-corrected chi connectivity index (χ3v) is 2.67. The number of hydrogen-bond acceptors (Lipinski definition) is 6. The van der Waals surface area contributed by atoms with Crippen molar-refractivity contribution in [2.75, 3.05) is 7.11 Å². The van der Waals surface area contributed by atoms with E-state index in [9.17, 15) is 10.1 Å². The number of nitro groups is 1.